The number of aryl methyl sites for hydroxylation is 1. The maximum Gasteiger partial charge on any atom is 0.339 e. The van der Waals surface area contributed by atoms with Crippen molar-refractivity contribution in [2.45, 2.75) is 25.7 Å². The van der Waals surface area contributed by atoms with Crippen molar-refractivity contribution in [3.05, 3.63) is 23.3 Å². The smallest absolute Gasteiger partial charge is 0.339 e. The predicted molar refractivity (Wildman–Crippen MR) is 45.7 cm³/mol. The summed E-state index contributed by atoms with van der Waals surface area (Å²) in [6.45, 7) is 1.78. The van der Waals surface area contributed by atoms with Crippen molar-refractivity contribution in [2.24, 2.45) is 0 Å². The molecule has 1 fully saturated rings. The van der Waals surface area contributed by atoms with E-state index in [1.807, 2.05) is 0 Å². The lowest BCUT2D eigenvalue weighted by atomic mass is 10.1. The first-order valence-electron chi connectivity index (χ1n) is 4.25. The van der Waals surface area contributed by atoms with Gasteiger partial charge in [0.2, 0.25) is 0 Å². The summed E-state index contributed by atoms with van der Waals surface area (Å²) in [6.07, 6.45) is 3.51. The second-order valence-corrected chi connectivity index (χ2v) is 3.30. The normalized spacial score (nSPS) is 15.8. The van der Waals surface area contributed by atoms with Crippen molar-refractivity contribution in [2.75, 3.05) is 0 Å². The highest BCUT2D eigenvalue weighted by molar-refractivity contribution is 5.88. The molecule has 1 aromatic heterocycles. The zero-order valence-electron chi connectivity index (χ0n) is 7.32. The van der Waals surface area contributed by atoms with E-state index in [9.17, 15) is 4.79 Å². The van der Waals surface area contributed by atoms with E-state index in [4.69, 9.17) is 5.11 Å². The molecule has 1 heterocycles. The molecule has 0 unspecified atom stereocenters. The molecule has 0 radical (unpaired) electrons. The van der Waals surface area contributed by atoms with Crippen LogP contribution in [0.5, 0.6) is 0 Å². The fraction of sp³-hybridized carbons (Fsp3) is 0.444. The van der Waals surface area contributed by atoms with Crippen molar-refractivity contribution >= 4 is 5.97 Å². The number of nitrogens with zero attached hydrogens (tertiary/aromatic N) is 2. The van der Waals surface area contributed by atoms with Crippen LogP contribution in [0, 0.1) is 6.92 Å². The van der Waals surface area contributed by atoms with Gasteiger partial charge in [-0.3, -0.25) is 0 Å². The molecule has 1 saturated carbocycles. The number of rotatable bonds is 2. The summed E-state index contributed by atoms with van der Waals surface area (Å²) in [7, 11) is 0. The number of aromatic carboxylic acids is 1. The first-order valence-corrected chi connectivity index (χ1v) is 4.25. The van der Waals surface area contributed by atoms with Gasteiger partial charge in [-0.25, -0.2) is 14.8 Å². The molecule has 0 saturated heterocycles. The second kappa shape index (κ2) is 2.80. The van der Waals surface area contributed by atoms with Gasteiger partial charge >= 0.3 is 5.97 Å². The maximum atomic E-state index is 10.8. The van der Waals surface area contributed by atoms with Crippen LogP contribution in [0.3, 0.4) is 0 Å². The molecule has 4 heteroatoms. The molecule has 1 aliphatic carbocycles. The van der Waals surface area contributed by atoms with Gasteiger partial charge in [0.1, 0.15) is 5.82 Å². The van der Waals surface area contributed by atoms with Crippen LogP contribution in [0.4, 0.5) is 0 Å². The summed E-state index contributed by atoms with van der Waals surface area (Å²) >= 11 is 0. The third-order valence-electron chi connectivity index (χ3n) is 2.13. The lowest BCUT2D eigenvalue weighted by molar-refractivity contribution is 0.0694. The van der Waals surface area contributed by atoms with Gasteiger partial charge in [-0.15, -0.1) is 0 Å². The highest BCUT2D eigenvalue weighted by atomic mass is 16.4. The highest BCUT2D eigenvalue weighted by Gasteiger charge is 2.29. The average Bonchev–Trinajstić information content (AvgIpc) is 2.85. The molecule has 1 N–H and O–H groups in total. The van der Waals surface area contributed by atoms with Crippen LogP contribution >= 0.6 is 0 Å². The Hall–Kier alpha value is -1.45. The number of carboxylic acids is 1. The summed E-state index contributed by atoms with van der Waals surface area (Å²) in [5, 5.41) is 8.85. The van der Waals surface area contributed by atoms with E-state index in [-0.39, 0.29) is 5.56 Å². The van der Waals surface area contributed by atoms with Gasteiger partial charge in [0, 0.05) is 12.1 Å². The van der Waals surface area contributed by atoms with Gasteiger partial charge in [0.05, 0.1) is 11.3 Å². The Labute approximate surface area is 75.6 Å². The largest absolute Gasteiger partial charge is 0.478 e. The molecule has 4 nitrogen and oxygen atoms in total. The molecule has 1 aliphatic rings. The van der Waals surface area contributed by atoms with Crippen LogP contribution in [-0.2, 0) is 0 Å². The van der Waals surface area contributed by atoms with E-state index in [1.165, 1.54) is 6.20 Å². The minimum atomic E-state index is -0.929. The monoisotopic (exact) mass is 178 g/mol. The summed E-state index contributed by atoms with van der Waals surface area (Å²) in [5.74, 6) is 0.0709. The molecule has 0 bridgehead atoms. The van der Waals surface area contributed by atoms with Gasteiger partial charge in [0.15, 0.2) is 0 Å². The van der Waals surface area contributed by atoms with E-state index in [2.05, 4.69) is 9.97 Å². The van der Waals surface area contributed by atoms with E-state index in [0.717, 1.165) is 12.8 Å². The van der Waals surface area contributed by atoms with Gasteiger partial charge < -0.3 is 5.11 Å². The molecule has 0 amide bonds. The Kier molecular flexibility index (Phi) is 1.76. The Morgan fingerprint density at radius 3 is 2.85 bits per heavy atom. The molecule has 2 rings (SSSR count). The maximum absolute atomic E-state index is 10.8. The quantitative estimate of drug-likeness (QED) is 0.742. The van der Waals surface area contributed by atoms with Crippen molar-refractivity contribution in [3.63, 3.8) is 0 Å². The van der Waals surface area contributed by atoms with E-state index >= 15 is 0 Å². The zero-order chi connectivity index (χ0) is 9.42. The molecule has 0 aliphatic heterocycles. The summed E-state index contributed by atoms with van der Waals surface area (Å²) in [4.78, 5) is 18.8. The summed E-state index contributed by atoms with van der Waals surface area (Å²) < 4.78 is 0. The van der Waals surface area contributed by atoms with Gasteiger partial charge in [-0.1, -0.05) is 0 Å². The van der Waals surface area contributed by atoms with Crippen LogP contribution < -0.4 is 0 Å². The standard InChI is InChI=1S/C9H10N2O2/c1-5-10-4-7(9(12)13)8(11-5)6-2-3-6/h4,6H,2-3H2,1H3,(H,12,13). The lowest BCUT2D eigenvalue weighted by Gasteiger charge is -2.02. The van der Waals surface area contributed by atoms with Crippen molar-refractivity contribution in [1.29, 1.82) is 0 Å². The first kappa shape index (κ1) is 8.16. The fourth-order valence-corrected chi connectivity index (χ4v) is 1.32. The van der Waals surface area contributed by atoms with Crippen molar-refractivity contribution in [3.8, 4) is 0 Å². The summed E-state index contributed by atoms with van der Waals surface area (Å²) in [6, 6.07) is 0. The third-order valence-corrected chi connectivity index (χ3v) is 2.13. The van der Waals surface area contributed by atoms with Crippen LogP contribution in [-0.4, -0.2) is 21.0 Å². The molecule has 0 aromatic carbocycles. The van der Waals surface area contributed by atoms with E-state index < -0.39 is 5.97 Å². The van der Waals surface area contributed by atoms with Gasteiger partial charge in [-0.2, -0.15) is 0 Å². The predicted octanol–water partition coefficient (Wildman–Crippen LogP) is 1.36. The third kappa shape index (κ3) is 1.52. The average molecular weight is 178 g/mol. The Bertz CT molecular complexity index is 359. The Balaban J connectivity index is 2.47. The zero-order valence-corrected chi connectivity index (χ0v) is 7.32. The molecular formula is C9H10N2O2. The number of hydrogen-bond donors (Lipinski definition) is 1. The van der Waals surface area contributed by atoms with Crippen molar-refractivity contribution in [1.82, 2.24) is 9.97 Å². The summed E-state index contributed by atoms with van der Waals surface area (Å²) in [5.41, 5.74) is 0.966. The van der Waals surface area contributed by atoms with Gasteiger partial charge in [-0.05, 0) is 19.8 Å². The lowest BCUT2D eigenvalue weighted by Crippen LogP contribution is -2.06. The topological polar surface area (TPSA) is 63.1 Å². The first-order chi connectivity index (χ1) is 6.18. The SMILES string of the molecule is Cc1ncc(C(=O)O)c(C2CC2)n1. The Morgan fingerprint density at radius 1 is 1.62 bits per heavy atom. The number of hydrogen-bond acceptors (Lipinski definition) is 3. The molecule has 0 spiro atoms. The van der Waals surface area contributed by atoms with Crippen LogP contribution in [0.15, 0.2) is 6.20 Å². The van der Waals surface area contributed by atoms with Crippen LogP contribution in [0.25, 0.3) is 0 Å². The number of carbonyl (C=O) groups is 1. The van der Waals surface area contributed by atoms with Crippen molar-refractivity contribution < 1.29 is 9.90 Å². The van der Waals surface area contributed by atoms with E-state index in [1.54, 1.807) is 6.92 Å². The van der Waals surface area contributed by atoms with Gasteiger partial charge in [0.25, 0.3) is 0 Å². The molecule has 1 aromatic rings. The number of carboxylic acid groups (broad SMARTS) is 1. The van der Waals surface area contributed by atoms with E-state index in [0.29, 0.717) is 17.4 Å². The number of aromatic nitrogens is 2. The fourth-order valence-electron chi connectivity index (χ4n) is 1.32. The Morgan fingerprint density at radius 2 is 2.31 bits per heavy atom. The molecule has 13 heavy (non-hydrogen) atoms. The minimum absolute atomic E-state index is 0.258. The molecule has 0 atom stereocenters. The highest BCUT2D eigenvalue weighted by Crippen LogP contribution is 2.40. The minimum Gasteiger partial charge on any atom is -0.478 e. The second-order valence-electron chi connectivity index (χ2n) is 3.30. The van der Waals surface area contributed by atoms with Crippen LogP contribution in [0.2, 0.25) is 0 Å². The molecular weight excluding hydrogens is 168 g/mol. The van der Waals surface area contributed by atoms with Crippen LogP contribution in [0.1, 0.15) is 40.6 Å². The molecule has 68 valence electrons.